The van der Waals surface area contributed by atoms with Crippen molar-refractivity contribution in [3.63, 3.8) is 0 Å². The summed E-state index contributed by atoms with van der Waals surface area (Å²) in [6.07, 6.45) is 4.02. The van der Waals surface area contributed by atoms with Crippen molar-refractivity contribution in [2.24, 2.45) is 0 Å². The summed E-state index contributed by atoms with van der Waals surface area (Å²) in [4.78, 5) is 25.9. The summed E-state index contributed by atoms with van der Waals surface area (Å²) in [6.45, 7) is 4.15. The zero-order chi connectivity index (χ0) is 17.8. The molecule has 5 heteroatoms. The summed E-state index contributed by atoms with van der Waals surface area (Å²) in [7, 11) is 0. The highest BCUT2D eigenvalue weighted by molar-refractivity contribution is 5.87. The molecule has 3 aromatic rings. The fourth-order valence-electron chi connectivity index (χ4n) is 3.46. The number of pyridine rings is 2. The van der Waals surface area contributed by atoms with E-state index < -0.39 is 0 Å². The van der Waals surface area contributed by atoms with E-state index in [1.54, 1.807) is 6.20 Å². The first-order chi connectivity index (χ1) is 12.8. The van der Waals surface area contributed by atoms with Gasteiger partial charge in [-0.05, 0) is 23.8 Å². The van der Waals surface area contributed by atoms with E-state index in [0.29, 0.717) is 6.42 Å². The molecule has 1 aliphatic rings. The number of fused-ring (bicyclic) bond motifs is 1. The summed E-state index contributed by atoms with van der Waals surface area (Å²) in [5, 5.41) is 1.08. The normalized spacial score (nSPS) is 15.3. The van der Waals surface area contributed by atoms with Crippen LogP contribution < -0.4 is 0 Å². The third-order valence-electron chi connectivity index (χ3n) is 4.89. The molecule has 5 nitrogen and oxygen atoms in total. The zero-order valence-electron chi connectivity index (χ0n) is 14.7. The summed E-state index contributed by atoms with van der Waals surface area (Å²) in [6, 6.07) is 16.0. The molecule has 4 rings (SSSR count). The number of hydrogen-bond donors (Lipinski definition) is 0. The van der Waals surface area contributed by atoms with E-state index in [-0.39, 0.29) is 5.91 Å². The van der Waals surface area contributed by atoms with Gasteiger partial charge in [0.25, 0.3) is 0 Å². The minimum atomic E-state index is 0.181. The lowest BCUT2D eigenvalue weighted by atomic mass is 10.1. The van der Waals surface area contributed by atoms with E-state index in [0.717, 1.165) is 54.9 Å². The molecule has 132 valence electrons. The maximum atomic E-state index is 12.7. The fraction of sp³-hybridized carbons (Fsp3) is 0.286. The van der Waals surface area contributed by atoms with E-state index in [4.69, 9.17) is 0 Å². The van der Waals surface area contributed by atoms with Gasteiger partial charge in [0.2, 0.25) is 5.91 Å². The van der Waals surface area contributed by atoms with Crippen molar-refractivity contribution in [3.05, 3.63) is 72.2 Å². The van der Waals surface area contributed by atoms with Gasteiger partial charge in [0.15, 0.2) is 0 Å². The Morgan fingerprint density at radius 1 is 0.885 bits per heavy atom. The van der Waals surface area contributed by atoms with Crippen molar-refractivity contribution in [3.8, 4) is 0 Å². The molecule has 1 fully saturated rings. The third-order valence-corrected chi connectivity index (χ3v) is 4.89. The van der Waals surface area contributed by atoms with Gasteiger partial charge in [0.1, 0.15) is 0 Å². The number of rotatable bonds is 4. The number of amides is 1. The Labute approximate surface area is 153 Å². The highest BCUT2D eigenvalue weighted by Crippen LogP contribution is 2.17. The predicted molar refractivity (Wildman–Crippen MR) is 102 cm³/mol. The Bertz CT molecular complexity index is 883. The molecule has 1 amide bonds. The number of benzene rings is 1. The quantitative estimate of drug-likeness (QED) is 0.728. The van der Waals surface area contributed by atoms with Gasteiger partial charge in [-0.15, -0.1) is 0 Å². The van der Waals surface area contributed by atoms with Crippen LogP contribution in [0.5, 0.6) is 0 Å². The summed E-state index contributed by atoms with van der Waals surface area (Å²) < 4.78 is 0. The molecule has 3 heterocycles. The van der Waals surface area contributed by atoms with Crippen LogP contribution in [0.4, 0.5) is 0 Å². The lowest BCUT2D eigenvalue weighted by Gasteiger charge is -2.34. The second-order valence-electron chi connectivity index (χ2n) is 6.65. The van der Waals surface area contributed by atoms with Crippen LogP contribution >= 0.6 is 0 Å². The lowest BCUT2D eigenvalue weighted by Crippen LogP contribution is -2.48. The van der Waals surface area contributed by atoms with Crippen molar-refractivity contribution in [1.82, 2.24) is 19.8 Å². The molecule has 26 heavy (non-hydrogen) atoms. The van der Waals surface area contributed by atoms with Gasteiger partial charge < -0.3 is 4.90 Å². The molecule has 0 spiro atoms. The van der Waals surface area contributed by atoms with Crippen LogP contribution in [-0.2, 0) is 17.8 Å². The number of aromatic nitrogens is 2. The van der Waals surface area contributed by atoms with Gasteiger partial charge in [-0.1, -0.05) is 30.3 Å². The lowest BCUT2D eigenvalue weighted by molar-refractivity contribution is -0.132. The van der Waals surface area contributed by atoms with Gasteiger partial charge in [-0.3, -0.25) is 19.7 Å². The van der Waals surface area contributed by atoms with E-state index in [1.165, 1.54) is 0 Å². The second kappa shape index (κ2) is 7.62. The topological polar surface area (TPSA) is 49.3 Å². The van der Waals surface area contributed by atoms with Gasteiger partial charge in [0, 0.05) is 50.5 Å². The van der Waals surface area contributed by atoms with Crippen LogP contribution in [0.1, 0.15) is 11.3 Å². The standard InChI is InChI=1S/C21H22N4O/c26-20(15-18-6-3-5-17-7-4-10-23-21(17)18)25-13-11-24(12-14-25)16-19-8-1-2-9-22-19/h1-10H,11-16H2. The maximum Gasteiger partial charge on any atom is 0.227 e. The monoisotopic (exact) mass is 346 g/mol. The summed E-state index contributed by atoms with van der Waals surface area (Å²) in [5.74, 6) is 0.181. The first-order valence-electron chi connectivity index (χ1n) is 9.02. The Morgan fingerprint density at radius 2 is 1.69 bits per heavy atom. The zero-order valence-corrected chi connectivity index (χ0v) is 14.7. The first-order valence-corrected chi connectivity index (χ1v) is 9.02. The van der Waals surface area contributed by atoms with Gasteiger partial charge in [-0.2, -0.15) is 0 Å². The average Bonchev–Trinajstić information content (AvgIpc) is 2.70. The molecule has 1 saturated heterocycles. The number of carbonyl (C=O) groups excluding carboxylic acids is 1. The van der Waals surface area contributed by atoms with Crippen molar-refractivity contribution < 1.29 is 4.79 Å². The van der Waals surface area contributed by atoms with Gasteiger partial charge >= 0.3 is 0 Å². The van der Waals surface area contributed by atoms with Crippen LogP contribution in [0.15, 0.2) is 60.9 Å². The molecule has 0 unspecified atom stereocenters. The average molecular weight is 346 g/mol. The maximum absolute atomic E-state index is 12.7. The molecular weight excluding hydrogens is 324 g/mol. The van der Waals surface area contributed by atoms with Crippen LogP contribution in [0.25, 0.3) is 10.9 Å². The first kappa shape index (κ1) is 16.7. The van der Waals surface area contributed by atoms with Crippen LogP contribution in [0.3, 0.4) is 0 Å². The van der Waals surface area contributed by atoms with Crippen molar-refractivity contribution in [2.45, 2.75) is 13.0 Å². The van der Waals surface area contributed by atoms with Crippen molar-refractivity contribution in [2.75, 3.05) is 26.2 Å². The number of nitrogens with zero attached hydrogens (tertiary/aromatic N) is 4. The highest BCUT2D eigenvalue weighted by atomic mass is 16.2. The summed E-state index contributed by atoms with van der Waals surface area (Å²) in [5.41, 5.74) is 3.01. The minimum absolute atomic E-state index is 0.181. The molecule has 0 radical (unpaired) electrons. The molecular formula is C21H22N4O. The highest BCUT2D eigenvalue weighted by Gasteiger charge is 2.22. The van der Waals surface area contributed by atoms with E-state index in [9.17, 15) is 4.79 Å². The minimum Gasteiger partial charge on any atom is -0.340 e. The molecule has 0 atom stereocenters. The molecule has 0 aliphatic carbocycles. The molecule has 1 aliphatic heterocycles. The van der Waals surface area contributed by atoms with Crippen molar-refractivity contribution >= 4 is 16.8 Å². The van der Waals surface area contributed by atoms with Crippen LogP contribution in [0, 0.1) is 0 Å². The Balaban J connectivity index is 1.36. The molecule has 0 N–H and O–H groups in total. The van der Waals surface area contributed by atoms with E-state index in [1.807, 2.05) is 59.6 Å². The molecule has 1 aromatic carbocycles. The van der Waals surface area contributed by atoms with Crippen molar-refractivity contribution in [1.29, 1.82) is 0 Å². The third kappa shape index (κ3) is 3.73. The SMILES string of the molecule is O=C(Cc1cccc2cccnc12)N1CCN(Cc2ccccn2)CC1. The largest absolute Gasteiger partial charge is 0.340 e. The second-order valence-corrected chi connectivity index (χ2v) is 6.65. The fourth-order valence-corrected chi connectivity index (χ4v) is 3.46. The number of piperazine rings is 1. The predicted octanol–water partition coefficient (Wildman–Crippen LogP) is 2.52. The Kier molecular flexibility index (Phi) is 4.88. The van der Waals surface area contributed by atoms with Crippen LogP contribution in [-0.4, -0.2) is 51.9 Å². The van der Waals surface area contributed by atoms with E-state index in [2.05, 4.69) is 14.9 Å². The molecule has 0 saturated carbocycles. The van der Waals surface area contributed by atoms with Crippen LogP contribution in [0.2, 0.25) is 0 Å². The number of carbonyl (C=O) groups is 1. The molecule has 2 aromatic heterocycles. The Morgan fingerprint density at radius 3 is 2.50 bits per heavy atom. The van der Waals surface area contributed by atoms with E-state index >= 15 is 0 Å². The number of hydrogen-bond acceptors (Lipinski definition) is 4. The molecule has 0 bridgehead atoms. The number of para-hydroxylation sites is 1. The Hall–Kier alpha value is -2.79. The van der Waals surface area contributed by atoms with Gasteiger partial charge in [-0.25, -0.2) is 0 Å². The summed E-state index contributed by atoms with van der Waals surface area (Å²) >= 11 is 0. The van der Waals surface area contributed by atoms with Gasteiger partial charge in [0.05, 0.1) is 17.6 Å². The smallest absolute Gasteiger partial charge is 0.227 e.